The van der Waals surface area contributed by atoms with Gasteiger partial charge >= 0.3 is 0 Å². The molecule has 0 amide bonds. The fourth-order valence-corrected chi connectivity index (χ4v) is 3.48. The minimum atomic E-state index is 0.0271. The van der Waals surface area contributed by atoms with Gasteiger partial charge in [0.25, 0.3) is 0 Å². The number of benzene rings is 1. The van der Waals surface area contributed by atoms with E-state index in [1.165, 1.54) is 11.1 Å². The molecular weight excluding hydrogens is 290 g/mol. The normalized spacial score (nSPS) is 16.8. The SMILES string of the molecule is Cn1ncc(Br)c1C(N)C1Cc2ccccc2C1. The van der Waals surface area contributed by atoms with Crippen LogP contribution >= 0.6 is 15.9 Å². The second kappa shape index (κ2) is 4.52. The van der Waals surface area contributed by atoms with Crippen molar-refractivity contribution in [3.63, 3.8) is 0 Å². The minimum Gasteiger partial charge on any atom is -0.322 e. The van der Waals surface area contributed by atoms with E-state index in [9.17, 15) is 0 Å². The third kappa shape index (κ3) is 1.89. The standard InChI is InChI=1S/C14H16BrN3/c1-18-14(12(15)8-17-18)13(16)11-6-9-4-2-3-5-10(9)7-11/h2-5,8,11,13H,6-7,16H2,1H3. The fourth-order valence-electron chi connectivity index (χ4n) is 2.87. The third-order valence-electron chi connectivity index (χ3n) is 3.84. The number of nitrogens with two attached hydrogens (primary N) is 1. The van der Waals surface area contributed by atoms with Gasteiger partial charge in [-0.05, 0) is 45.8 Å². The van der Waals surface area contributed by atoms with Gasteiger partial charge in [-0.25, -0.2) is 0 Å². The Balaban J connectivity index is 1.87. The van der Waals surface area contributed by atoms with Crippen molar-refractivity contribution in [1.29, 1.82) is 0 Å². The number of hydrogen-bond donors (Lipinski definition) is 1. The highest BCUT2D eigenvalue weighted by molar-refractivity contribution is 9.10. The van der Waals surface area contributed by atoms with Crippen LogP contribution in [0.5, 0.6) is 0 Å². The molecule has 1 aromatic carbocycles. The summed E-state index contributed by atoms with van der Waals surface area (Å²) in [6, 6.07) is 8.65. The first-order valence-corrected chi connectivity index (χ1v) is 6.96. The van der Waals surface area contributed by atoms with E-state index in [0.29, 0.717) is 5.92 Å². The summed E-state index contributed by atoms with van der Waals surface area (Å²) in [5.41, 5.74) is 10.4. The molecule has 3 nitrogen and oxygen atoms in total. The molecule has 94 valence electrons. The Morgan fingerprint density at radius 3 is 2.44 bits per heavy atom. The first-order valence-electron chi connectivity index (χ1n) is 6.16. The first-order chi connectivity index (χ1) is 8.66. The summed E-state index contributed by atoms with van der Waals surface area (Å²) in [6.45, 7) is 0. The van der Waals surface area contributed by atoms with Crippen LogP contribution in [0, 0.1) is 5.92 Å². The topological polar surface area (TPSA) is 43.8 Å². The molecule has 1 aliphatic rings. The number of rotatable bonds is 2. The van der Waals surface area contributed by atoms with E-state index in [1.807, 2.05) is 17.9 Å². The Bertz CT molecular complexity index is 532. The van der Waals surface area contributed by atoms with E-state index in [4.69, 9.17) is 5.73 Å². The van der Waals surface area contributed by atoms with Crippen LogP contribution in [0.15, 0.2) is 34.9 Å². The van der Waals surface area contributed by atoms with Crippen LogP contribution in [0.2, 0.25) is 0 Å². The van der Waals surface area contributed by atoms with Crippen LogP contribution in [0.25, 0.3) is 0 Å². The van der Waals surface area contributed by atoms with E-state index >= 15 is 0 Å². The highest BCUT2D eigenvalue weighted by atomic mass is 79.9. The quantitative estimate of drug-likeness (QED) is 0.927. The minimum absolute atomic E-state index is 0.0271. The van der Waals surface area contributed by atoms with Crippen molar-refractivity contribution in [1.82, 2.24) is 9.78 Å². The Hall–Kier alpha value is -1.13. The fraction of sp³-hybridized carbons (Fsp3) is 0.357. The molecule has 1 aromatic heterocycles. The molecule has 3 rings (SSSR count). The predicted octanol–water partition coefficient (Wildman–Crippen LogP) is 2.60. The molecule has 0 fully saturated rings. The lowest BCUT2D eigenvalue weighted by molar-refractivity contribution is 0.429. The average molecular weight is 306 g/mol. The van der Waals surface area contributed by atoms with Crippen molar-refractivity contribution in [2.45, 2.75) is 18.9 Å². The molecule has 1 unspecified atom stereocenters. The molecule has 0 radical (unpaired) electrons. The Morgan fingerprint density at radius 1 is 1.33 bits per heavy atom. The van der Waals surface area contributed by atoms with Crippen LogP contribution < -0.4 is 5.73 Å². The Morgan fingerprint density at radius 2 is 1.94 bits per heavy atom. The molecule has 2 N–H and O–H groups in total. The molecule has 4 heteroatoms. The van der Waals surface area contributed by atoms with Gasteiger partial charge in [-0.3, -0.25) is 4.68 Å². The van der Waals surface area contributed by atoms with Crippen LogP contribution in [0.4, 0.5) is 0 Å². The van der Waals surface area contributed by atoms with Gasteiger partial charge in [-0.15, -0.1) is 0 Å². The zero-order chi connectivity index (χ0) is 12.7. The van der Waals surface area contributed by atoms with Gasteiger partial charge < -0.3 is 5.73 Å². The van der Waals surface area contributed by atoms with Gasteiger partial charge in [0, 0.05) is 7.05 Å². The van der Waals surface area contributed by atoms with Gasteiger partial charge in [0.1, 0.15) is 0 Å². The van der Waals surface area contributed by atoms with Gasteiger partial charge in [0.05, 0.1) is 22.4 Å². The summed E-state index contributed by atoms with van der Waals surface area (Å²) in [4.78, 5) is 0. The molecule has 0 bridgehead atoms. The second-order valence-electron chi connectivity index (χ2n) is 4.96. The smallest absolute Gasteiger partial charge is 0.0693 e. The van der Waals surface area contributed by atoms with Crippen LogP contribution in [-0.2, 0) is 19.9 Å². The van der Waals surface area contributed by atoms with Crippen molar-refractivity contribution < 1.29 is 0 Å². The van der Waals surface area contributed by atoms with Crippen molar-refractivity contribution in [3.8, 4) is 0 Å². The lowest BCUT2D eigenvalue weighted by Gasteiger charge is -2.19. The molecule has 2 aromatic rings. The first kappa shape index (κ1) is 11.9. The molecule has 0 spiro atoms. The zero-order valence-electron chi connectivity index (χ0n) is 10.3. The van der Waals surface area contributed by atoms with E-state index in [2.05, 4.69) is 45.3 Å². The van der Waals surface area contributed by atoms with Gasteiger partial charge in [-0.2, -0.15) is 5.10 Å². The van der Waals surface area contributed by atoms with Gasteiger partial charge in [0.2, 0.25) is 0 Å². The maximum Gasteiger partial charge on any atom is 0.0693 e. The van der Waals surface area contributed by atoms with Crippen molar-refractivity contribution >= 4 is 15.9 Å². The largest absolute Gasteiger partial charge is 0.322 e. The molecule has 0 saturated carbocycles. The van der Waals surface area contributed by atoms with Crippen LogP contribution in [0.1, 0.15) is 22.9 Å². The highest BCUT2D eigenvalue weighted by Crippen LogP contribution is 2.35. The van der Waals surface area contributed by atoms with Crippen LogP contribution in [0.3, 0.4) is 0 Å². The highest BCUT2D eigenvalue weighted by Gasteiger charge is 2.29. The molecule has 0 saturated heterocycles. The molecule has 1 aliphatic carbocycles. The number of fused-ring (bicyclic) bond motifs is 1. The van der Waals surface area contributed by atoms with Gasteiger partial charge in [0.15, 0.2) is 0 Å². The van der Waals surface area contributed by atoms with E-state index in [-0.39, 0.29) is 6.04 Å². The second-order valence-corrected chi connectivity index (χ2v) is 5.82. The third-order valence-corrected chi connectivity index (χ3v) is 4.45. The van der Waals surface area contributed by atoms with Crippen molar-refractivity contribution in [3.05, 3.63) is 51.8 Å². The lowest BCUT2D eigenvalue weighted by atomic mass is 9.95. The average Bonchev–Trinajstić information content (AvgIpc) is 2.92. The van der Waals surface area contributed by atoms with Crippen molar-refractivity contribution in [2.75, 3.05) is 0 Å². The number of aromatic nitrogens is 2. The number of aryl methyl sites for hydroxylation is 1. The summed E-state index contributed by atoms with van der Waals surface area (Å²) in [5.74, 6) is 0.467. The monoisotopic (exact) mass is 305 g/mol. The molecule has 0 aliphatic heterocycles. The number of nitrogens with zero attached hydrogens (tertiary/aromatic N) is 2. The maximum atomic E-state index is 6.43. The molecule has 1 atom stereocenters. The Labute approximate surface area is 115 Å². The summed E-state index contributed by atoms with van der Waals surface area (Å²) >= 11 is 3.54. The summed E-state index contributed by atoms with van der Waals surface area (Å²) in [5, 5.41) is 4.25. The predicted molar refractivity (Wildman–Crippen MR) is 75.2 cm³/mol. The summed E-state index contributed by atoms with van der Waals surface area (Å²) < 4.78 is 2.88. The number of hydrogen-bond acceptors (Lipinski definition) is 2. The summed E-state index contributed by atoms with van der Waals surface area (Å²) in [6.07, 6.45) is 3.95. The maximum absolute atomic E-state index is 6.43. The molecular formula is C14H16BrN3. The molecule has 1 heterocycles. The van der Waals surface area contributed by atoms with E-state index in [0.717, 1.165) is 23.0 Å². The lowest BCUT2D eigenvalue weighted by Crippen LogP contribution is -2.24. The van der Waals surface area contributed by atoms with E-state index in [1.54, 1.807) is 0 Å². The molecule has 18 heavy (non-hydrogen) atoms. The number of halogens is 1. The van der Waals surface area contributed by atoms with Crippen LogP contribution in [-0.4, -0.2) is 9.78 Å². The van der Waals surface area contributed by atoms with Gasteiger partial charge in [-0.1, -0.05) is 24.3 Å². The van der Waals surface area contributed by atoms with E-state index < -0.39 is 0 Å². The summed E-state index contributed by atoms with van der Waals surface area (Å²) in [7, 11) is 1.95. The Kier molecular flexibility index (Phi) is 2.99. The zero-order valence-corrected chi connectivity index (χ0v) is 11.9. The van der Waals surface area contributed by atoms with Crippen molar-refractivity contribution in [2.24, 2.45) is 18.7 Å².